The lowest BCUT2D eigenvalue weighted by Crippen LogP contribution is -2.16. The number of fused-ring (bicyclic) bond motifs is 2. The Balaban J connectivity index is 1.70. The van der Waals surface area contributed by atoms with Gasteiger partial charge in [0.1, 0.15) is 12.2 Å². The van der Waals surface area contributed by atoms with Crippen LogP contribution in [0.5, 0.6) is 0 Å². The third-order valence-electron chi connectivity index (χ3n) is 4.37. The Kier molecular flexibility index (Phi) is 2.26. The van der Waals surface area contributed by atoms with E-state index < -0.39 is 0 Å². The molecule has 1 aromatic rings. The first-order chi connectivity index (χ1) is 7.36. The first-order valence-corrected chi connectivity index (χ1v) is 6.23. The zero-order valence-corrected chi connectivity index (χ0v) is 9.39. The van der Waals surface area contributed by atoms with Gasteiger partial charge in [0.05, 0.1) is 0 Å². The lowest BCUT2D eigenvalue weighted by molar-refractivity contribution is 0.323. The second-order valence-corrected chi connectivity index (χ2v) is 5.17. The molecule has 2 saturated carbocycles. The maximum atomic E-state index is 4.25. The average molecular weight is 205 g/mol. The van der Waals surface area contributed by atoms with Gasteiger partial charge in [0.25, 0.3) is 0 Å². The van der Waals surface area contributed by atoms with Crippen molar-refractivity contribution >= 4 is 0 Å². The minimum atomic E-state index is 0.901. The van der Waals surface area contributed by atoms with Crippen LogP contribution in [0.15, 0.2) is 6.33 Å². The van der Waals surface area contributed by atoms with Gasteiger partial charge >= 0.3 is 0 Å². The normalized spacial score (nSPS) is 33.8. The Morgan fingerprint density at radius 1 is 1.40 bits per heavy atom. The van der Waals surface area contributed by atoms with E-state index in [1.807, 2.05) is 6.33 Å². The summed E-state index contributed by atoms with van der Waals surface area (Å²) in [4.78, 5) is 0. The van der Waals surface area contributed by atoms with E-state index in [1.165, 1.54) is 31.5 Å². The third kappa shape index (κ3) is 1.58. The van der Waals surface area contributed by atoms with Crippen molar-refractivity contribution in [3.05, 3.63) is 12.2 Å². The summed E-state index contributed by atoms with van der Waals surface area (Å²) in [6.07, 6.45) is 8.92. The van der Waals surface area contributed by atoms with Gasteiger partial charge in [-0.3, -0.25) is 0 Å². The van der Waals surface area contributed by atoms with Gasteiger partial charge in [-0.1, -0.05) is 6.42 Å². The van der Waals surface area contributed by atoms with Crippen molar-refractivity contribution in [1.82, 2.24) is 14.8 Å². The van der Waals surface area contributed by atoms with Crippen LogP contribution in [0, 0.1) is 17.8 Å². The van der Waals surface area contributed by atoms with E-state index in [2.05, 4.69) is 21.7 Å². The molecule has 0 aliphatic heterocycles. The molecular formula is C12H19N3. The molecule has 0 spiro atoms. The number of nitrogens with zero attached hydrogens (tertiary/aromatic N) is 3. The van der Waals surface area contributed by atoms with Gasteiger partial charge in [0, 0.05) is 13.0 Å². The summed E-state index contributed by atoms with van der Waals surface area (Å²) in [5.74, 6) is 4.14. The van der Waals surface area contributed by atoms with Crippen LogP contribution in [-0.2, 0) is 13.0 Å². The molecule has 0 radical (unpaired) electrons. The molecule has 0 amide bonds. The van der Waals surface area contributed by atoms with E-state index in [0.29, 0.717) is 0 Å². The highest BCUT2D eigenvalue weighted by Crippen LogP contribution is 2.49. The van der Waals surface area contributed by atoms with Crippen LogP contribution in [0.4, 0.5) is 0 Å². The Morgan fingerprint density at radius 3 is 3.00 bits per heavy atom. The highest BCUT2D eigenvalue weighted by atomic mass is 15.3. The van der Waals surface area contributed by atoms with E-state index in [4.69, 9.17) is 0 Å². The van der Waals surface area contributed by atoms with Crippen LogP contribution in [0.1, 0.15) is 38.4 Å². The van der Waals surface area contributed by atoms with Gasteiger partial charge < -0.3 is 4.57 Å². The number of aromatic nitrogens is 3. The van der Waals surface area contributed by atoms with Crippen LogP contribution in [0.25, 0.3) is 0 Å². The molecular weight excluding hydrogens is 186 g/mol. The smallest absolute Gasteiger partial charge is 0.133 e. The topological polar surface area (TPSA) is 30.7 Å². The number of hydrogen-bond donors (Lipinski definition) is 0. The first kappa shape index (κ1) is 9.37. The summed E-state index contributed by atoms with van der Waals surface area (Å²) < 4.78 is 2.19. The fraction of sp³-hybridized carbons (Fsp3) is 0.833. The van der Waals surface area contributed by atoms with E-state index in [9.17, 15) is 0 Å². The van der Waals surface area contributed by atoms with Crippen molar-refractivity contribution in [2.75, 3.05) is 0 Å². The van der Waals surface area contributed by atoms with Gasteiger partial charge in [-0.25, -0.2) is 0 Å². The predicted molar refractivity (Wildman–Crippen MR) is 58.3 cm³/mol. The van der Waals surface area contributed by atoms with Crippen LogP contribution in [0.3, 0.4) is 0 Å². The number of rotatable bonds is 3. The molecule has 1 aromatic heterocycles. The summed E-state index contributed by atoms with van der Waals surface area (Å²) in [6.45, 7) is 3.16. The Morgan fingerprint density at radius 2 is 2.33 bits per heavy atom. The molecule has 2 bridgehead atoms. The molecule has 2 fully saturated rings. The van der Waals surface area contributed by atoms with Crippen LogP contribution >= 0.6 is 0 Å². The summed E-state index contributed by atoms with van der Waals surface area (Å²) >= 11 is 0. The molecule has 82 valence electrons. The lowest BCUT2D eigenvalue weighted by atomic mass is 9.86. The number of hydrogen-bond acceptors (Lipinski definition) is 2. The van der Waals surface area contributed by atoms with E-state index >= 15 is 0 Å². The molecule has 2 aliphatic carbocycles. The van der Waals surface area contributed by atoms with Crippen LogP contribution in [-0.4, -0.2) is 14.8 Å². The second kappa shape index (κ2) is 3.62. The molecule has 2 aliphatic rings. The zero-order chi connectivity index (χ0) is 10.3. The van der Waals surface area contributed by atoms with Crippen LogP contribution < -0.4 is 0 Å². The Hall–Kier alpha value is -0.860. The first-order valence-electron chi connectivity index (χ1n) is 6.23. The van der Waals surface area contributed by atoms with E-state index in [1.54, 1.807) is 0 Å². The van der Waals surface area contributed by atoms with Gasteiger partial charge in [0.2, 0.25) is 0 Å². The Bertz CT molecular complexity index is 344. The van der Waals surface area contributed by atoms with Gasteiger partial charge in [-0.15, -0.1) is 10.2 Å². The van der Waals surface area contributed by atoms with Crippen LogP contribution in [0.2, 0.25) is 0 Å². The molecule has 1 heterocycles. The lowest BCUT2D eigenvalue weighted by Gasteiger charge is -2.20. The van der Waals surface area contributed by atoms with Crippen molar-refractivity contribution < 1.29 is 0 Å². The van der Waals surface area contributed by atoms with Gasteiger partial charge in [-0.2, -0.15) is 0 Å². The van der Waals surface area contributed by atoms with Crippen molar-refractivity contribution in [1.29, 1.82) is 0 Å². The molecule has 3 atom stereocenters. The summed E-state index contributed by atoms with van der Waals surface area (Å²) in [5.41, 5.74) is 0. The molecule has 0 aromatic carbocycles. The maximum absolute atomic E-state index is 4.25. The molecule has 0 saturated heterocycles. The highest BCUT2D eigenvalue weighted by Gasteiger charge is 2.39. The minimum Gasteiger partial charge on any atom is -0.318 e. The van der Waals surface area contributed by atoms with Gasteiger partial charge in [-0.05, 0) is 43.9 Å². The zero-order valence-electron chi connectivity index (χ0n) is 9.39. The minimum absolute atomic E-state index is 0.901. The second-order valence-electron chi connectivity index (χ2n) is 5.17. The summed E-state index contributed by atoms with van der Waals surface area (Å²) in [5, 5.41) is 8.26. The molecule has 0 N–H and O–H groups in total. The molecule has 3 unspecified atom stereocenters. The highest BCUT2D eigenvalue weighted by molar-refractivity contribution is 4.96. The fourth-order valence-corrected chi connectivity index (χ4v) is 3.56. The standard InChI is InChI=1S/C12H19N3/c1-2-15-8-13-14-12(15)7-11-6-9-3-4-10(11)5-9/h8-11H,2-7H2,1H3. The van der Waals surface area contributed by atoms with Crippen molar-refractivity contribution in [3.8, 4) is 0 Å². The molecule has 3 rings (SSSR count). The SMILES string of the molecule is CCn1cnnc1CC1CC2CCC1C2. The summed E-state index contributed by atoms with van der Waals surface area (Å²) in [6, 6.07) is 0. The Labute approximate surface area is 90.9 Å². The van der Waals surface area contributed by atoms with Crippen molar-refractivity contribution in [3.63, 3.8) is 0 Å². The van der Waals surface area contributed by atoms with Crippen molar-refractivity contribution in [2.24, 2.45) is 17.8 Å². The van der Waals surface area contributed by atoms with Gasteiger partial charge in [0.15, 0.2) is 0 Å². The summed E-state index contributed by atoms with van der Waals surface area (Å²) in [7, 11) is 0. The molecule has 3 nitrogen and oxygen atoms in total. The predicted octanol–water partition coefficient (Wildman–Crippen LogP) is 2.28. The monoisotopic (exact) mass is 205 g/mol. The maximum Gasteiger partial charge on any atom is 0.133 e. The van der Waals surface area contributed by atoms with E-state index in [-0.39, 0.29) is 0 Å². The fourth-order valence-electron chi connectivity index (χ4n) is 3.56. The van der Waals surface area contributed by atoms with Crippen molar-refractivity contribution in [2.45, 2.75) is 45.6 Å². The third-order valence-corrected chi connectivity index (χ3v) is 4.37. The molecule has 3 heteroatoms. The average Bonchev–Trinajstić information content (AvgIpc) is 2.92. The number of aryl methyl sites for hydroxylation is 1. The van der Waals surface area contributed by atoms with E-state index in [0.717, 1.165) is 30.7 Å². The molecule has 15 heavy (non-hydrogen) atoms. The largest absolute Gasteiger partial charge is 0.318 e. The quantitative estimate of drug-likeness (QED) is 0.758.